The third-order valence-corrected chi connectivity index (χ3v) is 3.13. The number of nitrogens with one attached hydrogen (secondary N) is 1. The van der Waals surface area contributed by atoms with Crippen molar-refractivity contribution in [3.63, 3.8) is 0 Å². The van der Waals surface area contributed by atoms with E-state index >= 15 is 0 Å². The molecule has 0 aliphatic carbocycles. The van der Waals surface area contributed by atoms with Crippen LogP contribution in [0, 0.1) is 18.3 Å². The summed E-state index contributed by atoms with van der Waals surface area (Å²) < 4.78 is 0. The summed E-state index contributed by atoms with van der Waals surface area (Å²) in [7, 11) is 0. The molecule has 4 heteroatoms. The van der Waals surface area contributed by atoms with E-state index in [0.717, 1.165) is 24.2 Å². The molecule has 0 radical (unpaired) electrons. The average molecular weight is 273 g/mol. The first-order valence-electron chi connectivity index (χ1n) is 7.14. The Kier molecular flexibility index (Phi) is 6.58. The Balaban J connectivity index is 2.99. The van der Waals surface area contributed by atoms with Gasteiger partial charge in [0.25, 0.3) is 5.91 Å². The summed E-state index contributed by atoms with van der Waals surface area (Å²) in [6, 6.07) is 7.96. The average Bonchev–Trinajstić information content (AvgIpc) is 2.46. The van der Waals surface area contributed by atoms with E-state index in [1.54, 1.807) is 4.90 Å². The van der Waals surface area contributed by atoms with E-state index in [9.17, 15) is 4.79 Å². The second kappa shape index (κ2) is 8.21. The molecule has 0 unspecified atom stereocenters. The summed E-state index contributed by atoms with van der Waals surface area (Å²) in [5, 5.41) is 12.0. The molecule has 1 N–H and O–H groups in total. The van der Waals surface area contributed by atoms with Crippen molar-refractivity contribution < 1.29 is 4.79 Å². The minimum Gasteiger partial charge on any atom is -0.384 e. The first-order chi connectivity index (χ1) is 9.63. The lowest BCUT2D eigenvalue weighted by molar-refractivity contribution is 0.0768. The van der Waals surface area contributed by atoms with Gasteiger partial charge in [0.2, 0.25) is 0 Å². The molecule has 1 rings (SSSR count). The highest BCUT2D eigenvalue weighted by atomic mass is 16.2. The lowest BCUT2D eigenvalue weighted by Crippen LogP contribution is -2.32. The molecular weight excluding hydrogens is 250 g/mol. The van der Waals surface area contributed by atoms with Crippen LogP contribution >= 0.6 is 0 Å². The number of hydrogen-bond acceptors (Lipinski definition) is 3. The summed E-state index contributed by atoms with van der Waals surface area (Å²) in [4.78, 5) is 14.3. The van der Waals surface area contributed by atoms with Gasteiger partial charge in [-0.25, -0.2) is 0 Å². The second-order valence-corrected chi connectivity index (χ2v) is 4.77. The van der Waals surface area contributed by atoms with Crippen LogP contribution in [0.25, 0.3) is 0 Å². The van der Waals surface area contributed by atoms with Crippen molar-refractivity contribution in [1.82, 2.24) is 4.90 Å². The van der Waals surface area contributed by atoms with E-state index in [1.165, 1.54) is 0 Å². The van der Waals surface area contributed by atoms with Crippen LogP contribution in [0.1, 0.15) is 42.6 Å². The summed E-state index contributed by atoms with van der Waals surface area (Å²) in [6.45, 7) is 7.94. The fourth-order valence-corrected chi connectivity index (χ4v) is 2.01. The molecule has 1 aromatic carbocycles. The highest BCUT2D eigenvalue weighted by molar-refractivity contribution is 5.99. The molecule has 0 saturated heterocycles. The Bertz CT molecular complexity index is 491. The van der Waals surface area contributed by atoms with E-state index in [-0.39, 0.29) is 5.91 Å². The van der Waals surface area contributed by atoms with E-state index in [2.05, 4.69) is 18.3 Å². The summed E-state index contributed by atoms with van der Waals surface area (Å²) >= 11 is 0. The van der Waals surface area contributed by atoms with Crippen LogP contribution in [0.5, 0.6) is 0 Å². The molecule has 4 nitrogen and oxygen atoms in total. The normalized spacial score (nSPS) is 9.90. The smallest absolute Gasteiger partial charge is 0.255 e. The number of rotatable bonds is 7. The standard InChI is InChI=1S/C16H23N3O/c1-4-10-18-15-8-7-13(3)12-14(15)16(20)19(5-2)11-6-9-17/h7-8,12,18H,4-6,10-11H2,1-3H3. The van der Waals surface area contributed by atoms with Gasteiger partial charge < -0.3 is 10.2 Å². The fraction of sp³-hybridized carbons (Fsp3) is 0.500. The van der Waals surface area contributed by atoms with Crippen molar-refractivity contribution in [1.29, 1.82) is 5.26 Å². The SMILES string of the molecule is CCCNc1ccc(C)cc1C(=O)N(CC)CCC#N. The Hall–Kier alpha value is -2.02. The number of hydrogen-bond donors (Lipinski definition) is 1. The van der Waals surface area contributed by atoms with Crippen molar-refractivity contribution in [2.24, 2.45) is 0 Å². The van der Waals surface area contributed by atoms with E-state index < -0.39 is 0 Å². The minimum atomic E-state index is -0.00921. The Morgan fingerprint density at radius 3 is 2.75 bits per heavy atom. The monoisotopic (exact) mass is 273 g/mol. The molecular formula is C16H23N3O. The zero-order chi connectivity index (χ0) is 15.0. The first-order valence-corrected chi connectivity index (χ1v) is 7.14. The minimum absolute atomic E-state index is 0.00921. The summed E-state index contributed by atoms with van der Waals surface area (Å²) in [6.07, 6.45) is 1.37. The van der Waals surface area contributed by atoms with Crippen LogP contribution < -0.4 is 5.32 Å². The topological polar surface area (TPSA) is 56.1 Å². The zero-order valence-electron chi connectivity index (χ0n) is 12.6. The van der Waals surface area contributed by atoms with Gasteiger partial charge >= 0.3 is 0 Å². The van der Waals surface area contributed by atoms with E-state index in [0.29, 0.717) is 25.1 Å². The van der Waals surface area contributed by atoms with Gasteiger partial charge in [-0.3, -0.25) is 4.79 Å². The molecule has 0 atom stereocenters. The summed E-state index contributed by atoms with van der Waals surface area (Å²) in [5.41, 5.74) is 2.63. The maximum absolute atomic E-state index is 12.6. The van der Waals surface area contributed by atoms with E-state index in [1.807, 2.05) is 32.0 Å². The quantitative estimate of drug-likeness (QED) is 0.830. The van der Waals surface area contributed by atoms with Gasteiger partial charge in [0.15, 0.2) is 0 Å². The molecule has 0 saturated carbocycles. The van der Waals surface area contributed by atoms with E-state index in [4.69, 9.17) is 5.26 Å². The van der Waals surface area contributed by atoms with Gasteiger partial charge in [-0.15, -0.1) is 0 Å². The number of nitrogens with zero attached hydrogens (tertiary/aromatic N) is 2. The highest BCUT2D eigenvalue weighted by Crippen LogP contribution is 2.19. The predicted octanol–water partition coefficient (Wildman–Crippen LogP) is 3.19. The maximum Gasteiger partial charge on any atom is 0.255 e. The molecule has 0 spiro atoms. The van der Waals surface area contributed by atoms with Crippen molar-refractivity contribution in [2.45, 2.75) is 33.6 Å². The number of carbonyl (C=O) groups is 1. The first kappa shape index (κ1) is 16.0. The Labute approximate surface area is 121 Å². The van der Waals surface area contributed by atoms with Gasteiger partial charge in [-0.05, 0) is 32.4 Å². The number of nitriles is 1. The van der Waals surface area contributed by atoms with Crippen molar-refractivity contribution in [2.75, 3.05) is 25.0 Å². The van der Waals surface area contributed by atoms with Gasteiger partial charge in [0, 0.05) is 25.3 Å². The number of carbonyl (C=O) groups excluding carboxylic acids is 1. The lowest BCUT2D eigenvalue weighted by Gasteiger charge is -2.22. The van der Waals surface area contributed by atoms with Gasteiger partial charge in [0.1, 0.15) is 0 Å². The maximum atomic E-state index is 12.6. The Morgan fingerprint density at radius 1 is 1.40 bits per heavy atom. The van der Waals surface area contributed by atoms with Gasteiger partial charge in [-0.2, -0.15) is 5.26 Å². The third kappa shape index (κ3) is 4.27. The fourth-order valence-electron chi connectivity index (χ4n) is 2.01. The highest BCUT2D eigenvalue weighted by Gasteiger charge is 2.17. The molecule has 20 heavy (non-hydrogen) atoms. The molecule has 0 heterocycles. The molecule has 0 aromatic heterocycles. The van der Waals surface area contributed by atoms with Crippen LogP contribution in [-0.4, -0.2) is 30.4 Å². The molecule has 108 valence electrons. The lowest BCUT2D eigenvalue weighted by atomic mass is 10.1. The van der Waals surface area contributed by atoms with Crippen molar-refractivity contribution in [3.05, 3.63) is 29.3 Å². The number of aryl methyl sites for hydroxylation is 1. The molecule has 0 aliphatic heterocycles. The number of amides is 1. The largest absolute Gasteiger partial charge is 0.384 e. The molecule has 0 fully saturated rings. The predicted molar refractivity (Wildman–Crippen MR) is 81.8 cm³/mol. The van der Waals surface area contributed by atoms with Crippen LogP contribution in [0.15, 0.2) is 18.2 Å². The van der Waals surface area contributed by atoms with Gasteiger partial charge in [-0.1, -0.05) is 18.6 Å². The van der Waals surface area contributed by atoms with Crippen molar-refractivity contribution >= 4 is 11.6 Å². The number of benzene rings is 1. The second-order valence-electron chi connectivity index (χ2n) is 4.77. The van der Waals surface area contributed by atoms with Crippen LogP contribution in [0.2, 0.25) is 0 Å². The zero-order valence-corrected chi connectivity index (χ0v) is 12.6. The van der Waals surface area contributed by atoms with Crippen molar-refractivity contribution in [3.8, 4) is 6.07 Å². The number of anilines is 1. The molecule has 0 aliphatic rings. The molecule has 1 aromatic rings. The molecule has 0 bridgehead atoms. The summed E-state index contributed by atoms with van der Waals surface area (Å²) in [5.74, 6) is -0.00921. The van der Waals surface area contributed by atoms with Crippen LogP contribution in [-0.2, 0) is 0 Å². The van der Waals surface area contributed by atoms with Crippen LogP contribution in [0.4, 0.5) is 5.69 Å². The third-order valence-electron chi connectivity index (χ3n) is 3.13. The molecule has 1 amide bonds. The van der Waals surface area contributed by atoms with Crippen LogP contribution in [0.3, 0.4) is 0 Å². The van der Waals surface area contributed by atoms with Gasteiger partial charge in [0.05, 0.1) is 18.1 Å². The Morgan fingerprint density at radius 2 is 2.15 bits per heavy atom.